The first kappa shape index (κ1) is 16.6. The maximum absolute atomic E-state index is 12.8. The molecule has 0 radical (unpaired) electrons. The van der Waals surface area contributed by atoms with E-state index in [1.165, 1.54) is 0 Å². The molecule has 0 saturated heterocycles. The molecule has 0 amide bonds. The third-order valence-electron chi connectivity index (χ3n) is 4.89. The van der Waals surface area contributed by atoms with Crippen molar-refractivity contribution in [3.05, 3.63) is 63.5 Å². The number of hydrogen-bond donors (Lipinski definition) is 1. The fourth-order valence-corrected chi connectivity index (χ4v) is 4.10. The van der Waals surface area contributed by atoms with E-state index in [4.69, 9.17) is 27.6 Å². The number of Topliss-reactive ketones (excluding diaryl/α,β-unsaturated/α-hetero) is 1. The number of hydrogen-bond acceptors (Lipinski definition) is 5. The first-order valence-corrected chi connectivity index (χ1v) is 9.36. The van der Waals surface area contributed by atoms with Gasteiger partial charge in [0.05, 0.1) is 16.3 Å². The van der Waals surface area contributed by atoms with Crippen LogP contribution in [-0.4, -0.2) is 20.5 Å². The maximum atomic E-state index is 12.8. The number of carbonyl (C=O) groups excluding carboxylic acids is 1. The van der Waals surface area contributed by atoms with Crippen molar-refractivity contribution in [2.45, 2.75) is 25.3 Å². The summed E-state index contributed by atoms with van der Waals surface area (Å²) in [6.07, 6.45) is 3.66. The van der Waals surface area contributed by atoms with E-state index in [0.29, 0.717) is 39.6 Å². The smallest absolute Gasteiger partial charge is 0.227 e. The van der Waals surface area contributed by atoms with E-state index in [2.05, 4.69) is 15.4 Å². The molecule has 0 saturated carbocycles. The quantitative estimate of drug-likeness (QED) is 0.664. The van der Waals surface area contributed by atoms with E-state index < -0.39 is 6.04 Å². The standard InChI is InChI=1S/C19H14Cl2N4O2/c20-11-5-1-4-10(16(11)21)17-15-12(6-2-7-13(15)26)22-19-23-18(24-25(17)19)14-8-3-9-27-14/h1,3-5,8-9,17H,2,6-7H2,(H,22,23,24)/t17-/m1/s1. The molecular weight excluding hydrogens is 387 g/mol. The highest BCUT2D eigenvalue weighted by Crippen LogP contribution is 2.43. The lowest BCUT2D eigenvalue weighted by Crippen LogP contribution is -2.31. The third kappa shape index (κ3) is 2.59. The number of furan rings is 1. The van der Waals surface area contributed by atoms with Gasteiger partial charge in [-0.2, -0.15) is 4.98 Å². The number of ketones is 1. The van der Waals surface area contributed by atoms with Gasteiger partial charge in [0.1, 0.15) is 6.04 Å². The Hall–Kier alpha value is -2.57. The van der Waals surface area contributed by atoms with Gasteiger partial charge in [-0.1, -0.05) is 35.3 Å². The lowest BCUT2D eigenvalue weighted by molar-refractivity contribution is -0.116. The summed E-state index contributed by atoms with van der Waals surface area (Å²) in [6.45, 7) is 0. The highest BCUT2D eigenvalue weighted by atomic mass is 35.5. The summed E-state index contributed by atoms with van der Waals surface area (Å²) >= 11 is 12.8. The van der Waals surface area contributed by atoms with Gasteiger partial charge in [0.25, 0.3) is 0 Å². The van der Waals surface area contributed by atoms with Gasteiger partial charge in [0.2, 0.25) is 11.8 Å². The predicted molar refractivity (Wildman–Crippen MR) is 102 cm³/mol. The van der Waals surface area contributed by atoms with Crippen LogP contribution in [0.25, 0.3) is 11.6 Å². The van der Waals surface area contributed by atoms with Gasteiger partial charge in [-0.15, -0.1) is 5.10 Å². The molecular formula is C19H14Cl2N4O2. The van der Waals surface area contributed by atoms with Crippen molar-refractivity contribution in [1.29, 1.82) is 0 Å². The second kappa shape index (κ2) is 6.25. The number of anilines is 1. The molecule has 5 rings (SSSR count). The number of fused-ring (bicyclic) bond motifs is 1. The number of allylic oxidation sites excluding steroid dienone is 2. The molecule has 6 nitrogen and oxygen atoms in total. The van der Waals surface area contributed by atoms with E-state index in [0.717, 1.165) is 24.1 Å². The minimum absolute atomic E-state index is 0.0884. The van der Waals surface area contributed by atoms with E-state index in [9.17, 15) is 4.79 Å². The van der Waals surface area contributed by atoms with Crippen LogP contribution in [0, 0.1) is 0 Å². The third-order valence-corrected chi connectivity index (χ3v) is 5.72. The van der Waals surface area contributed by atoms with Crippen LogP contribution in [0.2, 0.25) is 10.0 Å². The molecule has 3 heterocycles. The number of nitrogens with one attached hydrogen (secondary N) is 1. The monoisotopic (exact) mass is 400 g/mol. The summed E-state index contributed by atoms with van der Waals surface area (Å²) < 4.78 is 7.12. The van der Waals surface area contributed by atoms with Crippen molar-refractivity contribution >= 4 is 34.9 Å². The Morgan fingerprint density at radius 2 is 2.07 bits per heavy atom. The predicted octanol–water partition coefficient (Wildman–Crippen LogP) is 4.87. The Balaban J connectivity index is 1.74. The highest BCUT2D eigenvalue weighted by Gasteiger charge is 2.38. The molecule has 3 aromatic rings. The molecule has 1 aliphatic heterocycles. The van der Waals surface area contributed by atoms with Gasteiger partial charge in [0.15, 0.2) is 11.5 Å². The Morgan fingerprint density at radius 1 is 1.19 bits per heavy atom. The second-order valence-electron chi connectivity index (χ2n) is 6.52. The van der Waals surface area contributed by atoms with E-state index in [1.54, 1.807) is 29.1 Å². The van der Waals surface area contributed by atoms with Crippen LogP contribution < -0.4 is 5.32 Å². The Morgan fingerprint density at radius 3 is 2.89 bits per heavy atom. The lowest BCUT2D eigenvalue weighted by Gasteiger charge is -2.32. The maximum Gasteiger partial charge on any atom is 0.227 e. The van der Waals surface area contributed by atoms with Crippen LogP contribution in [-0.2, 0) is 4.79 Å². The van der Waals surface area contributed by atoms with E-state index in [-0.39, 0.29) is 5.78 Å². The van der Waals surface area contributed by atoms with Crippen LogP contribution in [0.3, 0.4) is 0 Å². The number of halogens is 2. The minimum atomic E-state index is -0.480. The van der Waals surface area contributed by atoms with Crippen molar-refractivity contribution in [1.82, 2.24) is 14.8 Å². The van der Waals surface area contributed by atoms with Gasteiger partial charge < -0.3 is 9.73 Å². The molecule has 0 bridgehead atoms. The summed E-state index contributed by atoms with van der Waals surface area (Å²) in [6, 6.07) is 8.51. The molecule has 1 aromatic carbocycles. The topological polar surface area (TPSA) is 73.0 Å². The lowest BCUT2D eigenvalue weighted by atomic mass is 9.85. The molecule has 0 fully saturated rings. The number of aromatic nitrogens is 3. The normalized spacial score (nSPS) is 18.9. The summed E-state index contributed by atoms with van der Waals surface area (Å²) in [5, 5.41) is 8.73. The van der Waals surface area contributed by atoms with Gasteiger partial charge in [-0.25, -0.2) is 4.68 Å². The molecule has 2 aliphatic rings. The fraction of sp³-hybridized carbons (Fsp3) is 0.211. The van der Waals surface area contributed by atoms with Crippen LogP contribution in [0.1, 0.15) is 30.9 Å². The number of rotatable bonds is 2. The summed E-state index contributed by atoms with van der Waals surface area (Å²) in [4.78, 5) is 17.4. The van der Waals surface area contributed by atoms with Crippen LogP contribution in [0.15, 0.2) is 52.3 Å². The van der Waals surface area contributed by atoms with Crippen LogP contribution in [0.5, 0.6) is 0 Å². The largest absolute Gasteiger partial charge is 0.461 e. The number of nitrogens with zero attached hydrogens (tertiary/aromatic N) is 3. The van der Waals surface area contributed by atoms with Gasteiger partial charge >= 0.3 is 0 Å². The molecule has 0 unspecified atom stereocenters. The van der Waals surface area contributed by atoms with Gasteiger partial charge in [-0.3, -0.25) is 4.79 Å². The van der Waals surface area contributed by atoms with Crippen molar-refractivity contribution < 1.29 is 9.21 Å². The minimum Gasteiger partial charge on any atom is -0.461 e. The SMILES string of the molecule is O=C1CCCC2=C1[C@@H](c1cccc(Cl)c1Cl)n1nc(-c3ccco3)nc1N2. The summed E-state index contributed by atoms with van der Waals surface area (Å²) in [7, 11) is 0. The highest BCUT2D eigenvalue weighted by molar-refractivity contribution is 6.42. The Bertz CT molecular complexity index is 1090. The van der Waals surface area contributed by atoms with Gasteiger partial charge in [0, 0.05) is 23.3 Å². The molecule has 2 aromatic heterocycles. The zero-order valence-electron chi connectivity index (χ0n) is 14.1. The van der Waals surface area contributed by atoms with Crippen molar-refractivity contribution in [2.24, 2.45) is 0 Å². The first-order chi connectivity index (χ1) is 13.1. The first-order valence-electron chi connectivity index (χ1n) is 8.61. The molecule has 136 valence electrons. The average Bonchev–Trinajstić information content (AvgIpc) is 3.32. The van der Waals surface area contributed by atoms with Crippen molar-refractivity contribution in [3.8, 4) is 11.6 Å². The van der Waals surface area contributed by atoms with Gasteiger partial charge in [-0.05, 0) is 31.0 Å². The second-order valence-corrected chi connectivity index (χ2v) is 7.31. The zero-order valence-corrected chi connectivity index (χ0v) is 15.6. The van der Waals surface area contributed by atoms with Crippen LogP contribution in [0.4, 0.5) is 5.95 Å². The van der Waals surface area contributed by atoms with Crippen LogP contribution >= 0.6 is 23.2 Å². The van der Waals surface area contributed by atoms with Crippen molar-refractivity contribution in [3.63, 3.8) is 0 Å². The fourth-order valence-electron chi connectivity index (χ4n) is 3.69. The average molecular weight is 401 g/mol. The van der Waals surface area contributed by atoms with E-state index >= 15 is 0 Å². The van der Waals surface area contributed by atoms with Crippen molar-refractivity contribution in [2.75, 3.05) is 5.32 Å². The number of carbonyl (C=O) groups is 1. The number of benzene rings is 1. The zero-order chi connectivity index (χ0) is 18.5. The Labute approximate surface area is 164 Å². The molecule has 1 atom stereocenters. The Kier molecular flexibility index (Phi) is 3.84. The molecule has 27 heavy (non-hydrogen) atoms. The molecule has 0 spiro atoms. The van der Waals surface area contributed by atoms with E-state index in [1.807, 2.05) is 12.1 Å². The summed E-state index contributed by atoms with van der Waals surface area (Å²) in [5.41, 5.74) is 2.28. The molecule has 1 N–H and O–H groups in total. The molecule has 1 aliphatic carbocycles. The molecule has 8 heteroatoms. The summed E-state index contributed by atoms with van der Waals surface area (Å²) in [5.74, 6) is 1.64.